The molecule has 19 heavy (non-hydrogen) atoms. The fourth-order valence-electron chi connectivity index (χ4n) is 2.26. The molecule has 0 saturated carbocycles. The first-order valence-electron chi connectivity index (χ1n) is 6.29. The Morgan fingerprint density at radius 2 is 2.26 bits per heavy atom. The lowest BCUT2D eigenvalue weighted by atomic mass is 9.97. The van der Waals surface area contributed by atoms with Crippen LogP contribution in [0.25, 0.3) is 0 Å². The number of hydrogen-bond acceptors (Lipinski definition) is 3. The van der Waals surface area contributed by atoms with Crippen molar-refractivity contribution in [2.75, 3.05) is 13.1 Å². The summed E-state index contributed by atoms with van der Waals surface area (Å²) in [6.07, 6.45) is 0.635. The Morgan fingerprint density at radius 3 is 2.84 bits per heavy atom. The van der Waals surface area contributed by atoms with Gasteiger partial charge in [-0.15, -0.1) is 0 Å². The Hall–Kier alpha value is -1.36. The number of carbonyl (C=O) groups excluding carboxylic acids is 1. The van der Waals surface area contributed by atoms with Gasteiger partial charge in [0.25, 0.3) is 5.91 Å². The Morgan fingerprint density at radius 1 is 1.53 bits per heavy atom. The molecule has 1 unspecified atom stereocenters. The molecular formula is C14H17BrN2O2. The van der Waals surface area contributed by atoms with Gasteiger partial charge in [0.1, 0.15) is 0 Å². The third-order valence-corrected chi connectivity index (χ3v) is 4.39. The van der Waals surface area contributed by atoms with Gasteiger partial charge in [-0.3, -0.25) is 4.79 Å². The molecule has 1 aliphatic heterocycles. The number of hydrogen-bond donors (Lipinski definition) is 1. The highest BCUT2D eigenvalue weighted by Crippen LogP contribution is 2.21. The molecule has 0 spiro atoms. The van der Waals surface area contributed by atoms with Gasteiger partial charge in [-0.2, -0.15) is 0 Å². The maximum absolute atomic E-state index is 12.4. The van der Waals surface area contributed by atoms with Crippen LogP contribution in [0.5, 0.6) is 0 Å². The monoisotopic (exact) mass is 324 g/mol. The average molecular weight is 325 g/mol. The minimum Gasteiger partial charge on any atom is -0.411 e. The van der Waals surface area contributed by atoms with Gasteiger partial charge in [0.15, 0.2) is 0 Å². The molecule has 5 heteroatoms. The molecule has 0 aliphatic carbocycles. The smallest absolute Gasteiger partial charge is 0.253 e. The van der Waals surface area contributed by atoms with Crippen molar-refractivity contribution in [3.8, 4) is 0 Å². The predicted octanol–water partition coefficient (Wildman–Crippen LogP) is 3.07. The van der Waals surface area contributed by atoms with Crippen molar-refractivity contribution in [3.05, 3.63) is 33.8 Å². The summed E-state index contributed by atoms with van der Waals surface area (Å²) in [5, 5.41) is 12.1. The molecule has 1 N–H and O–H groups in total. The van der Waals surface area contributed by atoms with E-state index in [0.717, 1.165) is 15.7 Å². The van der Waals surface area contributed by atoms with E-state index in [1.165, 1.54) is 0 Å². The Bertz CT molecular complexity index is 528. The second-order valence-corrected chi connectivity index (χ2v) is 5.81. The molecule has 0 bridgehead atoms. The van der Waals surface area contributed by atoms with Crippen molar-refractivity contribution in [2.45, 2.75) is 20.3 Å². The van der Waals surface area contributed by atoms with Crippen LogP contribution in [0.1, 0.15) is 29.3 Å². The number of piperidine rings is 1. The number of halogens is 1. The third kappa shape index (κ3) is 2.97. The number of benzene rings is 1. The van der Waals surface area contributed by atoms with Gasteiger partial charge in [-0.05, 0) is 24.6 Å². The molecule has 2 rings (SSSR count). The van der Waals surface area contributed by atoms with Gasteiger partial charge in [0.05, 0.1) is 5.71 Å². The molecule has 1 atom stereocenters. The van der Waals surface area contributed by atoms with Gasteiger partial charge in [0.2, 0.25) is 0 Å². The molecule has 0 radical (unpaired) electrons. The summed E-state index contributed by atoms with van der Waals surface area (Å²) in [6.45, 7) is 5.17. The number of nitrogens with zero attached hydrogens (tertiary/aromatic N) is 2. The fourth-order valence-corrected chi connectivity index (χ4v) is 2.64. The number of aryl methyl sites for hydroxylation is 1. The first-order chi connectivity index (χ1) is 9.02. The van der Waals surface area contributed by atoms with Crippen molar-refractivity contribution in [1.82, 2.24) is 4.90 Å². The van der Waals surface area contributed by atoms with E-state index >= 15 is 0 Å². The molecule has 1 aliphatic rings. The van der Waals surface area contributed by atoms with E-state index in [1.807, 2.05) is 36.9 Å². The van der Waals surface area contributed by atoms with Crippen LogP contribution in [0.2, 0.25) is 0 Å². The standard InChI is InChI=1S/C14H17BrN2O2/c1-9-3-4-11(7-12(9)15)14(18)17-6-5-13(16-19)10(2)8-17/h3-4,7,10,19H,5-6,8H2,1-2H3/b16-13+. The summed E-state index contributed by atoms with van der Waals surface area (Å²) in [5.41, 5.74) is 2.57. The van der Waals surface area contributed by atoms with Crippen LogP contribution < -0.4 is 0 Å². The topological polar surface area (TPSA) is 52.9 Å². The highest BCUT2D eigenvalue weighted by Gasteiger charge is 2.26. The van der Waals surface area contributed by atoms with Crippen molar-refractivity contribution >= 4 is 27.5 Å². The highest BCUT2D eigenvalue weighted by atomic mass is 79.9. The van der Waals surface area contributed by atoms with E-state index in [1.54, 1.807) is 0 Å². The zero-order valence-electron chi connectivity index (χ0n) is 11.1. The molecule has 1 heterocycles. The Balaban J connectivity index is 2.14. The fraction of sp³-hybridized carbons (Fsp3) is 0.429. The lowest BCUT2D eigenvalue weighted by molar-refractivity contribution is 0.0734. The first kappa shape index (κ1) is 14.1. The Kier molecular flexibility index (Phi) is 4.24. The van der Waals surface area contributed by atoms with Crippen molar-refractivity contribution < 1.29 is 10.0 Å². The van der Waals surface area contributed by atoms with E-state index in [4.69, 9.17) is 5.21 Å². The van der Waals surface area contributed by atoms with Crippen molar-refractivity contribution in [2.24, 2.45) is 11.1 Å². The van der Waals surface area contributed by atoms with E-state index in [2.05, 4.69) is 21.1 Å². The predicted molar refractivity (Wildman–Crippen MR) is 77.8 cm³/mol. The number of rotatable bonds is 1. The lowest BCUT2D eigenvalue weighted by Crippen LogP contribution is -2.43. The minimum atomic E-state index is 0.0320. The van der Waals surface area contributed by atoms with Crippen LogP contribution in [0.3, 0.4) is 0 Å². The number of amides is 1. The number of carbonyl (C=O) groups is 1. The largest absolute Gasteiger partial charge is 0.411 e. The summed E-state index contributed by atoms with van der Waals surface area (Å²) < 4.78 is 0.945. The molecule has 1 aromatic carbocycles. The maximum atomic E-state index is 12.4. The van der Waals surface area contributed by atoms with E-state index < -0.39 is 0 Å². The van der Waals surface area contributed by atoms with Crippen LogP contribution in [-0.4, -0.2) is 34.8 Å². The average Bonchev–Trinajstić information content (AvgIpc) is 2.41. The minimum absolute atomic E-state index is 0.0320. The second-order valence-electron chi connectivity index (χ2n) is 4.96. The zero-order chi connectivity index (χ0) is 14.0. The Labute approximate surface area is 121 Å². The summed E-state index contributed by atoms with van der Waals surface area (Å²) in [4.78, 5) is 14.2. The molecule has 1 fully saturated rings. The van der Waals surface area contributed by atoms with Crippen LogP contribution in [0, 0.1) is 12.8 Å². The molecule has 0 aromatic heterocycles. The number of likely N-dealkylation sites (tertiary alicyclic amines) is 1. The molecule has 1 amide bonds. The van der Waals surface area contributed by atoms with Crippen molar-refractivity contribution in [3.63, 3.8) is 0 Å². The van der Waals surface area contributed by atoms with Gasteiger partial charge in [0, 0.05) is 35.5 Å². The van der Waals surface area contributed by atoms with Crippen LogP contribution in [-0.2, 0) is 0 Å². The molecule has 1 saturated heterocycles. The molecular weight excluding hydrogens is 308 g/mol. The number of oxime groups is 1. The van der Waals surface area contributed by atoms with E-state index in [9.17, 15) is 4.79 Å². The zero-order valence-corrected chi connectivity index (χ0v) is 12.6. The van der Waals surface area contributed by atoms with Crippen molar-refractivity contribution in [1.29, 1.82) is 0 Å². The maximum Gasteiger partial charge on any atom is 0.253 e. The normalized spacial score (nSPS) is 21.7. The van der Waals surface area contributed by atoms with E-state index in [-0.39, 0.29) is 11.8 Å². The summed E-state index contributed by atoms with van der Waals surface area (Å²) in [7, 11) is 0. The van der Waals surface area contributed by atoms with Gasteiger partial charge in [-0.25, -0.2) is 0 Å². The van der Waals surface area contributed by atoms with Gasteiger partial charge < -0.3 is 10.1 Å². The first-order valence-corrected chi connectivity index (χ1v) is 7.08. The molecule has 1 aromatic rings. The summed E-state index contributed by atoms with van der Waals surface area (Å²) in [6, 6.07) is 5.64. The molecule has 4 nitrogen and oxygen atoms in total. The van der Waals surface area contributed by atoms with Crippen LogP contribution >= 0.6 is 15.9 Å². The SMILES string of the molecule is Cc1ccc(C(=O)N2CC/C(=N\O)C(C)C2)cc1Br. The van der Waals surface area contributed by atoms with Crippen LogP contribution in [0.15, 0.2) is 27.8 Å². The van der Waals surface area contributed by atoms with E-state index in [0.29, 0.717) is 25.1 Å². The summed E-state index contributed by atoms with van der Waals surface area (Å²) >= 11 is 3.45. The third-order valence-electron chi connectivity index (χ3n) is 3.54. The molecule has 102 valence electrons. The van der Waals surface area contributed by atoms with Gasteiger partial charge >= 0.3 is 0 Å². The summed E-state index contributed by atoms with van der Waals surface area (Å²) in [5.74, 6) is 0.140. The second kappa shape index (κ2) is 5.74. The van der Waals surface area contributed by atoms with Crippen LogP contribution in [0.4, 0.5) is 0 Å². The lowest BCUT2D eigenvalue weighted by Gasteiger charge is -2.31. The quantitative estimate of drug-likeness (QED) is 0.637. The highest BCUT2D eigenvalue weighted by molar-refractivity contribution is 9.10. The van der Waals surface area contributed by atoms with Gasteiger partial charge in [-0.1, -0.05) is 34.1 Å².